The number of hydrogen-bond donors (Lipinski definition) is 2. The van der Waals surface area contributed by atoms with Crippen molar-refractivity contribution < 1.29 is 23.9 Å². The summed E-state index contributed by atoms with van der Waals surface area (Å²) < 4.78 is 10.8. The highest BCUT2D eigenvalue weighted by Gasteiger charge is 2.47. The highest BCUT2D eigenvalue weighted by atomic mass is 16.5. The van der Waals surface area contributed by atoms with Crippen molar-refractivity contribution in [1.82, 2.24) is 15.5 Å². The van der Waals surface area contributed by atoms with Crippen LogP contribution in [0.2, 0.25) is 0 Å². The quantitative estimate of drug-likeness (QED) is 0.743. The van der Waals surface area contributed by atoms with Crippen LogP contribution in [0.15, 0.2) is 24.3 Å². The smallest absolute Gasteiger partial charge is 0.252 e. The van der Waals surface area contributed by atoms with Crippen LogP contribution in [0, 0.1) is 0 Å². The maximum atomic E-state index is 12.6. The van der Waals surface area contributed by atoms with Crippen molar-refractivity contribution in [3.63, 3.8) is 0 Å². The lowest BCUT2D eigenvalue weighted by molar-refractivity contribution is -0.165. The number of carbonyl (C=O) groups excluding carboxylic acids is 3. The predicted molar refractivity (Wildman–Crippen MR) is 92.4 cm³/mol. The van der Waals surface area contributed by atoms with E-state index in [1.54, 1.807) is 24.1 Å². The maximum Gasteiger partial charge on any atom is 0.252 e. The molecule has 8 nitrogen and oxygen atoms in total. The van der Waals surface area contributed by atoms with Gasteiger partial charge in [-0.2, -0.15) is 0 Å². The van der Waals surface area contributed by atoms with Gasteiger partial charge in [-0.25, -0.2) is 0 Å². The van der Waals surface area contributed by atoms with Gasteiger partial charge in [0.1, 0.15) is 12.4 Å². The molecule has 1 aliphatic carbocycles. The molecule has 3 amide bonds. The fourth-order valence-corrected chi connectivity index (χ4v) is 3.12. The number of amides is 3. The molecule has 1 aromatic rings. The van der Waals surface area contributed by atoms with Gasteiger partial charge in [0.05, 0.1) is 19.7 Å². The third kappa shape index (κ3) is 3.80. The fraction of sp³-hybridized carbons (Fsp3) is 0.500. The van der Waals surface area contributed by atoms with Crippen LogP contribution in [0.4, 0.5) is 0 Å². The zero-order valence-electron chi connectivity index (χ0n) is 14.9. The molecule has 3 rings (SSSR count). The zero-order valence-corrected chi connectivity index (χ0v) is 14.9. The van der Waals surface area contributed by atoms with E-state index in [2.05, 4.69) is 10.6 Å². The molecule has 0 radical (unpaired) electrons. The first-order valence-corrected chi connectivity index (χ1v) is 8.60. The van der Waals surface area contributed by atoms with Crippen molar-refractivity contribution in [3.05, 3.63) is 29.8 Å². The molecule has 0 spiro atoms. The molecule has 1 aromatic carbocycles. The van der Waals surface area contributed by atoms with Gasteiger partial charge in [-0.05, 0) is 30.5 Å². The Morgan fingerprint density at radius 2 is 1.96 bits per heavy atom. The van der Waals surface area contributed by atoms with Crippen molar-refractivity contribution in [3.8, 4) is 5.75 Å². The summed E-state index contributed by atoms with van der Waals surface area (Å²) in [5.41, 5.74) is 0.797. The normalized spacial score (nSPS) is 22.7. The van der Waals surface area contributed by atoms with Gasteiger partial charge in [-0.3, -0.25) is 14.4 Å². The zero-order chi connectivity index (χ0) is 18.7. The second kappa shape index (κ2) is 7.74. The first-order chi connectivity index (χ1) is 12.5. The molecule has 1 heterocycles. The SMILES string of the molecule is CNC(=O)CNC(=O)[C@H]1OCC(=O)N(C2CC2)[C@@H]1c1ccc(OC)cc1. The van der Waals surface area contributed by atoms with E-state index in [9.17, 15) is 14.4 Å². The molecule has 2 atom stereocenters. The third-order valence-corrected chi connectivity index (χ3v) is 4.62. The number of nitrogens with zero attached hydrogens (tertiary/aromatic N) is 1. The molecular formula is C18H23N3O5. The Morgan fingerprint density at radius 3 is 2.54 bits per heavy atom. The van der Waals surface area contributed by atoms with E-state index in [1.165, 1.54) is 7.05 Å². The van der Waals surface area contributed by atoms with Crippen molar-refractivity contribution in [2.45, 2.75) is 31.0 Å². The molecule has 2 N–H and O–H groups in total. The first kappa shape index (κ1) is 18.2. The maximum absolute atomic E-state index is 12.6. The minimum Gasteiger partial charge on any atom is -0.497 e. The Balaban J connectivity index is 1.86. The third-order valence-electron chi connectivity index (χ3n) is 4.62. The van der Waals surface area contributed by atoms with E-state index >= 15 is 0 Å². The molecule has 8 heteroatoms. The summed E-state index contributed by atoms with van der Waals surface area (Å²) >= 11 is 0. The summed E-state index contributed by atoms with van der Waals surface area (Å²) in [4.78, 5) is 38.3. The average Bonchev–Trinajstić information content (AvgIpc) is 3.50. The van der Waals surface area contributed by atoms with Gasteiger partial charge in [-0.15, -0.1) is 0 Å². The Hall–Kier alpha value is -2.61. The average molecular weight is 361 g/mol. The second-order valence-corrected chi connectivity index (χ2v) is 6.37. The van der Waals surface area contributed by atoms with Gasteiger partial charge in [0, 0.05) is 13.1 Å². The Labute approximate surface area is 151 Å². The predicted octanol–water partition coefficient (Wildman–Crippen LogP) is -0.0117. The van der Waals surface area contributed by atoms with Crippen molar-refractivity contribution >= 4 is 17.7 Å². The van der Waals surface area contributed by atoms with Gasteiger partial charge in [0.15, 0.2) is 6.10 Å². The van der Waals surface area contributed by atoms with Crippen molar-refractivity contribution in [2.75, 3.05) is 27.3 Å². The summed E-state index contributed by atoms with van der Waals surface area (Å²) in [6.07, 6.45) is 0.974. The molecule has 2 fully saturated rings. The van der Waals surface area contributed by atoms with Crippen LogP contribution in [0.5, 0.6) is 5.75 Å². The second-order valence-electron chi connectivity index (χ2n) is 6.37. The van der Waals surface area contributed by atoms with Gasteiger partial charge in [-0.1, -0.05) is 12.1 Å². The highest BCUT2D eigenvalue weighted by Crippen LogP contribution is 2.39. The molecule has 0 aromatic heterocycles. The first-order valence-electron chi connectivity index (χ1n) is 8.60. The number of morpholine rings is 1. The number of benzene rings is 1. The van der Waals surface area contributed by atoms with E-state index in [4.69, 9.17) is 9.47 Å². The number of carbonyl (C=O) groups is 3. The molecule has 0 bridgehead atoms. The molecule has 26 heavy (non-hydrogen) atoms. The molecule has 2 aliphatic rings. The number of methoxy groups -OCH3 is 1. The van der Waals surface area contributed by atoms with Crippen LogP contribution in [-0.4, -0.2) is 62.1 Å². The van der Waals surface area contributed by atoms with Crippen LogP contribution in [0.3, 0.4) is 0 Å². The molecule has 1 aliphatic heterocycles. The van der Waals surface area contributed by atoms with Gasteiger partial charge < -0.3 is 25.0 Å². The molecule has 1 saturated carbocycles. The molecule has 0 unspecified atom stereocenters. The van der Waals surface area contributed by atoms with Gasteiger partial charge >= 0.3 is 0 Å². The lowest BCUT2D eigenvalue weighted by Gasteiger charge is -2.40. The van der Waals surface area contributed by atoms with E-state index in [0.717, 1.165) is 18.4 Å². The largest absolute Gasteiger partial charge is 0.497 e. The lowest BCUT2D eigenvalue weighted by atomic mass is 9.96. The standard InChI is InChI=1S/C18H23N3O5/c1-19-14(22)9-20-18(24)17-16(11-3-7-13(25-2)8-4-11)21(12-5-6-12)15(23)10-26-17/h3-4,7-8,12,16-17H,5-6,9-10H2,1-2H3,(H,19,22)(H,20,24)/t16-,17+/m1/s1. The van der Waals surface area contributed by atoms with E-state index in [-0.39, 0.29) is 31.0 Å². The molecule has 140 valence electrons. The van der Waals surface area contributed by atoms with Crippen LogP contribution >= 0.6 is 0 Å². The molecular weight excluding hydrogens is 338 g/mol. The monoisotopic (exact) mass is 361 g/mol. The van der Waals surface area contributed by atoms with Crippen molar-refractivity contribution in [2.24, 2.45) is 0 Å². The van der Waals surface area contributed by atoms with Crippen LogP contribution in [0.25, 0.3) is 0 Å². The summed E-state index contributed by atoms with van der Waals surface area (Å²) in [6, 6.07) is 6.85. The number of hydrogen-bond acceptors (Lipinski definition) is 5. The lowest BCUT2D eigenvalue weighted by Crippen LogP contribution is -2.55. The topological polar surface area (TPSA) is 97.0 Å². The summed E-state index contributed by atoms with van der Waals surface area (Å²) in [7, 11) is 3.08. The van der Waals surface area contributed by atoms with Crippen molar-refractivity contribution in [1.29, 1.82) is 0 Å². The highest BCUT2D eigenvalue weighted by molar-refractivity contribution is 5.89. The Morgan fingerprint density at radius 1 is 1.27 bits per heavy atom. The number of nitrogens with one attached hydrogen (secondary N) is 2. The summed E-state index contributed by atoms with van der Waals surface area (Å²) in [5, 5.41) is 5.03. The van der Waals surface area contributed by atoms with Crippen LogP contribution in [-0.2, 0) is 19.1 Å². The number of ether oxygens (including phenoxy) is 2. The van der Waals surface area contributed by atoms with Gasteiger partial charge in [0.25, 0.3) is 5.91 Å². The number of likely N-dealkylation sites (N-methyl/N-ethyl adjacent to an activating group) is 1. The van der Waals surface area contributed by atoms with E-state index < -0.39 is 18.1 Å². The van der Waals surface area contributed by atoms with Gasteiger partial charge in [0.2, 0.25) is 11.8 Å². The van der Waals surface area contributed by atoms with E-state index in [1.807, 2.05) is 12.1 Å². The molecule has 1 saturated heterocycles. The van der Waals surface area contributed by atoms with E-state index in [0.29, 0.717) is 5.75 Å². The minimum atomic E-state index is -0.869. The Kier molecular flexibility index (Phi) is 5.41. The Bertz CT molecular complexity index is 687. The van der Waals surface area contributed by atoms with Crippen LogP contribution < -0.4 is 15.4 Å². The van der Waals surface area contributed by atoms with Crippen LogP contribution in [0.1, 0.15) is 24.4 Å². The summed E-state index contributed by atoms with van der Waals surface area (Å²) in [6.45, 7) is -0.275. The summed E-state index contributed by atoms with van der Waals surface area (Å²) in [5.74, 6) is -0.142. The minimum absolute atomic E-state index is 0.122. The fourth-order valence-electron chi connectivity index (χ4n) is 3.12. The number of rotatable bonds is 6.